The van der Waals surface area contributed by atoms with Gasteiger partial charge in [-0.1, -0.05) is 22.0 Å². The van der Waals surface area contributed by atoms with Crippen molar-refractivity contribution in [2.24, 2.45) is 0 Å². The summed E-state index contributed by atoms with van der Waals surface area (Å²) >= 11 is 3.46. The molecule has 2 heterocycles. The van der Waals surface area contributed by atoms with Crippen LogP contribution in [-0.2, 0) is 14.3 Å². The van der Waals surface area contributed by atoms with Crippen molar-refractivity contribution < 1.29 is 19.1 Å². The van der Waals surface area contributed by atoms with Gasteiger partial charge in [-0.3, -0.25) is 19.3 Å². The number of morpholine rings is 1. The number of anilines is 3. The third-order valence-corrected chi connectivity index (χ3v) is 5.47. The maximum Gasteiger partial charge on any atom is 0.255 e. The van der Waals surface area contributed by atoms with E-state index < -0.39 is 0 Å². The van der Waals surface area contributed by atoms with E-state index >= 15 is 0 Å². The number of nitrogens with one attached hydrogen (secondary N) is 1. The second-order valence-corrected chi connectivity index (χ2v) is 7.80. The summed E-state index contributed by atoms with van der Waals surface area (Å²) in [5.74, 6) is -0.790. The summed E-state index contributed by atoms with van der Waals surface area (Å²) in [7, 11) is 0. The summed E-state index contributed by atoms with van der Waals surface area (Å²) in [6.07, 6.45) is 0.409. The van der Waals surface area contributed by atoms with Crippen molar-refractivity contribution >= 4 is 50.7 Å². The Balaban J connectivity index is 1.59. The van der Waals surface area contributed by atoms with Crippen LogP contribution in [0.2, 0.25) is 0 Å². The van der Waals surface area contributed by atoms with Gasteiger partial charge < -0.3 is 15.0 Å². The van der Waals surface area contributed by atoms with Crippen LogP contribution in [0.5, 0.6) is 0 Å². The lowest BCUT2D eigenvalue weighted by molar-refractivity contribution is -0.121. The minimum Gasteiger partial charge on any atom is -0.378 e. The van der Waals surface area contributed by atoms with Crippen LogP contribution < -0.4 is 15.1 Å². The van der Waals surface area contributed by atoms with E-state index in [0.717, 1.165) is 28.1 Å². The highest BCUT2D eigenvalue weighted by Crippen LogP contribution is 2.31. The molecule has 150 valence electrons. The van der Waals surface area contributed by atoms with Gasteiger partial charge in [-0.05, 0) is 36.4 Å². The summed E-state index contributed by atoms with van der Waals surface area (Å²) < 4.78 is 6.27. The SMILES string of the molecule is O=C(Nc1cc(Br)ccc1N1CCOCC1)c1cccc(N2C(=O)CCC2=O)c1. The lowest BCUT2D eigenvalue weighted by atomic mass is 10.1. The minimum absolute atomic E-state index is 0.205. The van der Waals surface area contributed by atoms with Crippen LogP contribution in [0.25, 0.3) is 0 Å². The van der Waals surface area contributed by atoms with E-state index in [1.54, 1.807) is 24.3 Å². The van der Waals surface area contributed by atoms with Gasteiger partial charge >= 0.3 is 0 Å². The number of rotatable bonds is 4. The zero-order valence-electron chi connectivity index (χ0n) is 15.7. The van der Waals surface area contributed by atoms with Gasteiger partial charge in [0.05, 0.1) is 30.3 Å². The molecule has 2 aromatic carbocycles. The number of ether oxygens (including phenoxy) is 1. The van der Waals surface area contributed by atoms with E-state index in [0.29, 0.717) is 30.2 Å². The van der Waals surface area contributed by atoms with Crippen molar-refractivity contribution in [1.29, 1.82) is 0 Å². The Hall–Kier alpha value is -2.71. The molecule has 1 N–H and O–H groups in total. The summed E-state index contributed by atoms with van der Waals surface area (Å²) in [4.78, 5) is 40.2. The third kappa shape index (κ3) is 4.18. The van der Waals surface area contributed by atoms with Crippen molar-refractivity contribution in [3.8, 4) is 0 Å². The monoisotopic (exact) mass is 457 g/mol. The van der Waals surface area contributed by atoms with E-state index in [1.165, 1.54) is 0 Å². The van der Waals surface area contributed by atoms with Gasteiger partial charge in [-0.15, -0.1) is 0 Å². The quantitative estimate of drug-likeness (QED) is 0.713. The van der Waals surface area contributed by atoms with Gasteiger partial charge in [0.2, 0.25) is 11.8 Å². The maximum atomic E-state index is 12.9. The number of benzene rings is 2. The highest BCUT2D eigenvalue weighted by Gasteiger charge is 2.30. The van der Waals surface area contributed by atoms with Crippen LogP contribution in [0.15, 0.2) is 46.9 Å². The van der Waals surface area contributed by atoms with Crippen LogP contribution in [0.4, 0.5) is 17.1 Å². The van der Waals surface area contributed by atoms with Crippen LogP contribution in [0.1, 0.15) is 23.2 Å². The van der Waals surface area contributed by atoms with Crippen molar-refractivity contribution in [1.82, 2.24) is 0 Å². The number of carbonyl (C=O) groups is 3. The average molecular weight is 458 g/mol. The fraction of sp³-hybridized carbons (Fsp3) is 0.286. The summed E-state index contributed by atoms with van der Waals surface area (Å²) in [5, 5.41) is 2.97. The van der Waals surface area contributed by atoms with E-state index in [4.69, 9.17) is 4.74 Å². The molecular formula is C21H20BrN3O4. The van der Waals surface area contributed by atoms with Gasteiger partial charge in [0, 0.05) is 36.0 Å². The number of amides is 3. The fourth-order valence-corrected chi connectivity index (χ4v) is 3.89. The predicted molar refractivity (Wildman–Crippen MR) is 113 cm³/mol. The smallest absolute Gasteiger partial charge is 0.255 e. The highest BCUT2D eigenvalue weighted by molar-refractivity contribution is 9.10. The molecule has 0 atom stereocenters. The second-order valence-electron chi connectivity index (χ2n) is 6.89. The van der Waals surface area contributed by atoms with Crippen LogP contribution >= 0.6 is 15.9 Å². The van der Waals surface area contributed by atoms with Gasteiger partial charge in [0.1, 0.15) is 0 Å². The molecule has 2 aliphatic heterocycles. The van der Waals surface area contributed by atoms with Gasteiger partial charge in [-0.2, -0.15) is 0 Å². The molecule has 0 radical (unpaired) electrons. The standard InChI is InChI=1S/C21H20BrN3O4/c22-15-4-5-18(24-8-10-29-11-9-24)17(13-15)23-21(28)14-2-1-3-16(12-14)25-19(26)6-7-20(25)27/h1-5,12-13H,6-11H2,(H,23,28). The first-order valence-corrected chi connectivity index (χ1v) is 10.2. The highest BCUT2D eigenvalue weighted by atomic mass is 79.9. The Labute approximate surface area is 176 Å². The summed E-state index contributed by atoms with van der Waals surface area (Å²) in [6, 6.07) is 12.3. The molecule has 0 aromatic heterocycles. The molecule has 2 aliphatic rings. The number of hydrogen-bond acceptors (Lipinski definition) is 5. The lowest BCUT2D eigenvalue weighted by Crippen LogP contribution is -2.36. The number of hydrogen-bond donors (Lipinski definition) is 1. The van der Waals surface area contributed by atoms with E-state index in [-0.39, 0.29) is 30.6 Å². The molecule has 0 aliphatic carbocycles. The number of imide groups is 1. The molecular weight excluding hydrogens is 438 g/mol. The van der Waals surface area contributed by atoms with Crippen molar-refractivity contribution in [2.45, 2.75) is 12.8 Å². The minimum atomic E-state index is -0.307. The van der Waals surface area contributed by atoms with Crippen LogP contribution in [-0.4, -0.2) is 44.0 Å². The molecule has 8 heteroatoms. The summed E-state index contributed by atoms with van der Waals surface area (Å²) in [5.41, 5.74) is 2.41. The molecule has 7 nitrogen and oxygen atoms in total. The van der Waals surface area contributed by atoms with Gasteiger partial charge in [-0.25, -0.2) is 0 Å². The molecule has 4 rings (SSSR count). The first-order valence-electron chi connectivity index (χ1n) is 9.42. The first-order chi connectivity index (χ1) is 14.0. The molecule has 0 saturated carbocycles. The first kappa shape index (κ1) is 19.6. The lowest BCUT2D eigenvalue weighted by Gasteiger charge is -2.30. The summed E-state index contributed by atoms with van der Waals surface area (Å²) in [6.45, 7) is 2.78. The maximum absolute atomic E-state index is 12.9. The van der Waals surface area contributed by atoms with Crippen LogP contribution in [0, 0.1) is 0 Å². The normalized spacial score (nSPS) is 17.0. The topological polar surface area (TPSA) is 79.0 Å². The van der Waals surface area contributed by atoms with Crippen molar-refractivity contribution in [2.75, 3.05) is 41.4 Å². The van der Waals surface area contributed by atoms with E-state index in [1.807, 2.05) is 18.2 Å². The Morgan fingerprint density at radius 3 is 2.45 bits per heavy atom. The molecule has 2 aromatic rings. The number of nitrogens with zero attached hydrogens (tertiary/aromatic N) is 2. The zero-order valence-corrected chi connectivity index (χ0v) is 17.3. The molecule has 29 heavy (non-hydrogen) atoms. The predicted octanol–water partition coefficient (Wildman–Crippen LogP) is 3.19. The number of halogens is 1. The Bertz CT molecular complexity index is 956. The molecule has 0 spiro atoms. The van der Waals surface area contributed by atoms with Crippen LogP contribution in [0.3, 0.4) is 0 Å². The fourth-order valence-electron chi connectivity index (χ4n) is 3.53. The van der Waals surface area contributed by atoms with E-state index in [2.05, 4.69) is 26.1 Å². The Kier molecular flexibility index (Phi) is 5.64. The molecule has 0 unspecified atom stereocenters. The Morgan fingerprint density at radius 1 is 1.00 bits per heavy atom. The molecule has 3 amide bonds. The van der Waals surface area contributed by atoms with Crippen molar-refractivity contribution in [3.63, 3.8) is 0 Å². The van der Waals surface area contributed by atoms with E-state index in [9.17, 15) is 14.4 Å². The second kappa shape index (κ2) is 8.34. The number of carbonyl (C=O) groups excluding carboxylic acids is 3. The molecule has 2 saturated heterocycles. The molecule has 2 fully saturated rings. The van der Waals surface area contributed by atoms with Crippen molar-refractivity contribution in [3.05, 3.63) is 52.5 Å². The van der Waals surface area contributed by atoms with Gasteiger partial charge in [0.15, 0.2) is 0 Å². The third-order valence-electron chi connectivity index (χ3n) is 4.98. The average Bonchev–Trinajstić information content (AvgIpc) is 3.07. The largest absolute Gasteiger partial charge is 0.378 e. The zero-order chi connectivity index (χ0) is 20.4. The molecule has 0 bridgehead atoms. The Morgan fingerprint density at radius 2 is 1.72 bits per heavy atom. The van der Waals surface area contributed by atoms with Gasteiger partial charge in [0.25, 0.3) is 5.91 Å².